The van der Waals surface area contributed by atoms with Gasteiger partial charge >= 0.3 is 0 Å². The van der Waals surface area contributed by atoms with E-state index in [2.05, 4.69) is 28.2 Å². The molecule has 0 saturated carbocycles. The smallest absolute Gasteiger partial charge is 0.248 e. The lowest BCUT2D eigenvalue weighted by Gasteiger charge is -2.32. The first-order chi connectivity index (χ1) is 29.0. The molecule has 0 aliphatic carbocycles. The van der Waals surface area contributed by atoms with Crippen molar-refractivity contribution in [3.63, 3.8) is 0 Å². The first-order valence-electron chi connectivity index (χ1n) is 21.4. The number of ether oxygens (including phenoxy) is 2. The molecule has 1 aliphatic rings. The Balaban J connectivity index is 2.01. The third-order valence-corrected chi connectivity index (χ3v) is 10.4. The molecule has 0 radical (unpaired) electrons. The number of carbonyl (C=O) groups excluding carboxylic acids is 5. The SMILES string of the molecule is CCCCCCCCCCCCC(=O)N[C@@H](CCN)C(=O)N(C)[C@@H]1C(=O)N[C@@H](C)C(=O)N[C@H](C(=O)NCC#N)Cc2ccc(OCCN)c(c2)-c2cc1ccc2OCCN. The minimum absolute atomic E-state index is 0.0276. The molecule has 5 amide bonds. The summed E-state index contributed by atoms with van der Waals surface area (Å²) in [7, 11) is 1.46. The topological polar surface area (TPSA) is 257 Å². The molecule has 1 heterocycles. The molecular formula is C44H67N9O7. The molecule has 10 N–H and O–H groups in total. The van der Waals surface area contributed by atoms with Gasteiger partial charge in [0.25, 0.3) is 0 Å². The van der Waals surface area contributed by atoms with Gasteiger partial charge in [0.15, 0.2) is 0 Å². The number of rotatable bonds is 24. The van der Waals surface area contributed by atoms with Gasteiger partial charge in [0.1, 0.15) is 55.4 Å². The van der Waals surface area contributed by atoms with Gasteiger partial charge in [0, 0.05) is 44.1 Å². The average molecular weight is 834 g/mol. The van der Waals surface area contributed by atoms with Crippen molar-refractivity contribution in [3.05, 3.63) is 47.5 Å². The number of fused-ring (bicyclic) bond motifs is 5. The van der Waals surface area contributed by atoms with Gasteiger partial charge in [-0.15, -0.1) is 0 Å². The van der Waals surface area contributed by atoms with Crippen LogP contribution in [0.3, 0.4) is 0 Å². The second-order valence-electron chi connectivity index (χ2n) is 15.2. The molecule has 0 unspecified atom stereocenters. The molecular weight excluding hydrogens is 767 g/mol. The zero-order valence-corrected chi connectivity index (χ0v) is 35.7. The van der Waals surface area contributed by atoms with Crippen LogP contribution in [-0.2, 0) is 30.4 Å². The summed E-state index contributed by atoms with van der Waals surface area (Å²) in [6.45, 7) is 4.26. The van der Waals surface area contributed by atoms with E-state index in [1.807, 2.05) is 6.07 Å². The molecule has 4 atom stereocenters. The van der Waals surface area contributed by atoms with Crippen LogP contribution in [0, 0.1) is 11.3 Å². The van der Waals surface area contributed by atoms with Crippen LogP contribution in [0.4, 0.5) is 0 Å². The van der Waals surface area contributed by atoms with Crippen LogP contribution < -0.4 is 47.9 Å². The maximum atomic E-state index is 14.4. The third kappa shape index (κ3) is 15.4. The van der Waals surface area contributed by atoms with E-state index in [1.165, 1.54) is 57.4 Å². The fraction of sp³-hybridized carbons (Fsp3) is 0.591. The Morgan fingerprint density at radius 1 is 0.850 bits per heavy atom. The van der Waals surface area contributed by atoms with Gasteiger partial charge < -0.3 is 52.8 Å². The summed E-state index contributed by atoms with van der Waals surface area (Å²) in [5.74, 6) is -1.97. The molecule has 60 heavy (non-hydrogen) atoms. The molecule has 16 nitrogen and oxygen atoms in total. The van der Waals surface area contributed by atoms with Crippen molar-refractivity contribution >= 4 is 29.5 Å². The van der Waals surface area contributed by atoms with Gasteiger partial charge in [-0.1, -0.05) is 76.8 Å². The lowest BCUT2D eigenvalue weighted by Crippen LogP contribution is -2.56. The standard InChI is InChI=1S/C44H67N9O7/c1-4-5-6-7-8-9-10-11-12-13-14-39(54)51-35(19-20-45)44(58)53(3)40-32-16-18-38(60-26-23-48)34(29-32)33-27-31(15-17-37(33)59-25-22-47)28-36(42(56)49-24-21-46)52-41(55)30(2)50-43(40)57/h15-18,27,29-30,35-36,40H,4-14,19-20,22-26,28,45,47-48H2,1-3H3,(H,49,56)(H,50,57)(H,51,54)(H,52,55)/t30-,35-,36-,40-/m0/s1. The first kappa shape index (κ1) is 49.1. The highest BCUT2D eigenvalue weighted by Gasteiger charge is 2.36. The van der Waals surface area contributed by atoms with Crippen molar-refractivity contribution < 1.29 is 33.4 Å². The van der Waals surface area contributed by atoms with Crippen molar-refractivity contribution in [2.75, 3.05) is 46.4 Å². The normalized spacial score (nSPS) is 16.9. The molecule has 2 aromatic carbocycles. The highest BCUT2D eigenvalue weighted by molar-refractivity contribution is 5.96. The molecule has 330 valence electrons. The molecule has 0 aromatic heterocycles. The number of nitrogens with zero attached hydrogens (tertiary/aromatic N) is 2. The predicted octanol–water partition coefficient (Wildman–Crippen LogP) is 2.86. The number of likely N-dealkylation sites (N-methyl/N-ethyl adjacent to an activating group) is 1. The second kappa shape index (κ2) is 26.8. The van der Waals surface area contributed by atoms with Gasteiger partial charge in [-0.3, -0.25) is 24.0 Å². The van der Waals surface area contributed by atoms with Crippen LogP contribution >= 0.6 is 0 Å². The molecule has 1 aliphatic heterocycles. The van der Waals surface area contributed by atoms with Crippen LogP contribution in [0.5, 0.6) is 11.5 Å². The van der Waals surface area contributed by atoms with E-state index in [9.17, 15) is 24.0 Å². The Morgan fingerprint density at radius 2 is 1.45 bits per heavy atom. The summed E-state index contributed by atoms with van der Waals surface area (Å²) in [5.41, 5.74) is 19.6. The largest absolute Gasteiger partial charge is 0.492 e. The van der Waals surface area contributed by atoms with Crippen LogP contribution in [0.2, 0.25) is 0 Å². The lowest BCUT2D eigenvalue weighted by atomic mass is 9.93. The Morgan fingerprint density at radius 3 is 2.05 bits per heavy atom. The van der Waals surface area contributed by atoms with Crippen LogP contribution in [-0.4, -0.2) is 99.0 Å². The average Bonchev–Trinajstić information content (AvgIpc) is 3.24. The number of unbranched alkanes of at least 4 members (excludes halogenated alkanes) is 9. The number of nitriles is 1. The fourth-order valence-corrected chi connectivity index (χ4v) is 7.17. The zero-order valence-electron chi connectivity index (χ0n) is 35.7. The summed E-state index contributed by atoms with van der Waals surface area (Å²) in [6.07, 6.45) is 11.6. The summed E-state index contributed by atoms with van der Waals surface area (Å²) < 4.78 is 12.2. The van der Waals surface area contributed by atoms with Gasteiger partial charge in [-0.2, -0.15) is 5.26 Å². The maximum absolute atomic E-state index is 14.4. The summed E-state index contributed by atoms with van der Waals surface area (Å²) >= 11 is 0. The maximum Gasteiger partial charge on any atom is 0.248 e. The fourth-order valence-electron chi connectivity index (χ4n) is 7.17. The van der Waals surface area contributed by atoms with E-state index in [4.69, 9.17) is 31.9 Å². The van der Waals surface area contributed by atoms with E-state index in [0.717, 1.165) is 19.3 Å². The van der Waals surface area contributed by atoms with Crippen molar-refractivity contribution in [2.45, 2.75) is 121 Å². The molecule has 0 fully saturated rings. The highest BCUT2D eigenvalue weighted by atomic mass is 16.5. The van der Waals surface area contributed by atoms with E-state index < -0.39 is 47.8 Å². The minimum Gasteiger partial charge on any atom is -0.492 e. The first-order valence-corrected chi connectivity index (χ1v) is 21.4. The molecule has 2 aromatic rings. The van der Waals surface area contributed by atoms with Crippen molar-refractivity contribution in [3.8, 4) is 28.7 Å². The van der Waals surface area contributed by atoms with E-state index in [0.29, 0.717) is 40.2 Å². The molecule has 3 rings (SSSR count). The van der Waals surface area contributed by atoms with Crippen molar-refractivity contribution in [2.24, 2.45) is 17.2 Å². The lowest BCUT2D eigenvalue weighted by molar-refractivity contribution is -0.143. The summed E-state index contributed by atoms with van der Waals surface area (Å²) in [6, 6.07) is 7.54. The molecule has 16 heteroatoms. The van der Waals surface area contributed by atoms with Crippen LogP contribution in [0.1, 0.15) is 108 Å². The quantitative estimate of drug-likeness (QED) is 0.0598. The second-order valence-corrected chi connectivity index (χ2v) is 15.2. The van der Waals surface area contributed by atoms with E-state index in [-0.39, 0.29) is 64.6 Å². The van der Waals surface area contributed by atoms with Crippen molar-refractivity contribution in [1.82, 2.24) is 26.2 Å². The van der Waals surface area contributed by atoms with Crippen molar-refractivity contribution in [1.29, 1.82) is 5.26 Å². The van der Waals surface area contributed by atoms with Gasteiger partial charge in [0.2, 0.25) is 29.5 Å². The Kier molecular flexibility index (Phi) is 21.9. The number of amides is 5. The van der Waals surface area contributed by atoms with Crippen LogP contribution in [0.15, 0.2) is 36.4 Å². The molecule has 0 spiro atoms. The highest BCUT2D eigenvalue weighted by Crippen LogP contribution is 2.40. The monoisotopic (exact) mass is 834 g/mol. The number of carbonyl (C=O) groups is 5. The van der Waals surface area contributed by atoms with E-state index >= 15 is 0 Å². The van der Waals surface area contributed by atoms with Crippen LogP contribution in [0.25, 0.3) is 11.1 Å². The molecule has 4 bridgehead atoms. The van der Waals surface area contributed by atoms with Gasteiger partial charge in [0.05, 0.1) is 6.07 Å². The summed E-state index contributed by atoms with van der Waals surface area (Å²) in [5, 5.41) is 19.9. The van der Waals surface area contributed by atoms with Gasteiger partial charge in [-0.05, 0) is 61.7 Å². The Bertz CT molecular complexity index is 1750. The summed E-state index contributed by atoms with van der Waals surface area (Å²) in [4.78, 5) is 70.1. The van der Waals surface area contributed by atoms with Gasteiger partial charge in [-0.25, -0.2) is 0 Å². The Labute approximate surface area is 355 Å². The third-order valence-electron chi connectivity index (χ3n) is 10.4. The number of hydrogen-bond donors (Lipinski definition) is 7. The Hall–Kier alpha value is -5.24. The number of hydrogen-bond acceptors (Lipinski definition) is 11. The van der Waals surface area contributed by atoms with E-state index in [1.54, 1.807) is 36.4 Å². The molecule has 0 saturated heterocycles. The minimum atomic E-state index is -1.32. The number of nitrogens with two attached hydrogens (primary N) is 3. The number of nitrogens with one attached hydrogen (secondary N) is 4. The number of benzene rings is 2. The predicted molar refractivity (Wildman–Crippen MR) is 230 cm³/mol. The zero-order chi connectivity index (χ0) is 43.9.